The van der Waals surface area contributed by atoms with Crippen LogP contribution in [0.3, 0.4) is 0 Å². The molecule has 148 valence electrons. The lowest BCUT2D eigenvalue weighted by Crippen LogP contribution is -2.51. The molecule has 1 aliphatic heterocycles. The van der Waals surface area contributed by atoms with Gasteiger partial charge in [-0.25, -0.2) is 9.59 Å². The molecule has 1 N–H and O–H groups in total. The number of likely N-dealkylation sites (tertiary alicyclic amines) is 1. The van der Waals surface area contributed by atoms with E-state index in [0.717, 1.165) is 24.8 Å². The van der Waals surface area contributed by atoms with E-state index in [-0.39, 0.29) is 6.03 Å². The lowest BCUT2D eigenvalue weighted by molar-refractivity contribution is -0.142. The SMILES string of the molecule is COC(=O)C(Cc1ccccc1)NC(=O)N1CCC(Cc2ccccc2)CC1. The molecule has 1 aliphatic rings. The van der Waals surface area contributed by atoms with Crippen LogP contribution in [0.1, 0.15) is 24.0 Å². The number of esters is 1. The third kappa shape index (κ3) is 5.59. The lowest BCUT2D eigenvalue weighted by atomic mass is 9.90. The first-order valence-corrected chi connectivity index (χ1v) is 9.87. The second-order valence-corrected chi connectivity index (χ2v) is 7.34. The molecule has 0 aliphatic carbocycles. The molecular weight excluding hydrogens is 352 g/mol. The van der Waals surface area contributed by atoms with E-state index in [2.05, 4.69) is 29.6 Å². The van der Waals surface area contributed by atoms with Crippen molar-refractivity contribution in [3.8, 4) is 0 Å². The number of hydrogen-bond donors (Lipinski definition) is 1. The Morgan fingerprint density at radius 1 is 1.00 bits per heavy atom. The molecule has 2 aromatic carbocycles. The predicted octanol–water partition coefficient (Wildman–Crippen LogP) is 3.44. The van der Waals surface area contributed by atoms with Crippen molar-refractivity contribution in [2.45, 2.75) is 31.7 Å². The number of methoxy groups -OCH3 is 1. The normalized spacial score (nSPS) is 15.7. The number of carbonyl (C=O) groups is 2. The summed E-state index contributed by atoms with van der Waals surface area (Å²) in [6.45, 7) is 1.42. The van der Waals surface area contributed by atoms with Crippen LogP contribution in [0.15, 0.2) is 60.7 Å². The zero-order valence-corrected chi connectivity index (χ0v) is 16.3. The molecule has 1 unspecified atom stereocenters. The Morgan fingerprint density at radius 2 is 1.57 bits per heavy atom. The number of hydrogen-bond acceptors (Lipinski definition) is 3. The van der Waals surface area contributed by atoms with E-state index in [4.69, 9.17) is 4.74 Å². The zero-order valence-electron chi connectivity index (χ0n) is 16.3. The summed E-state index contributed by atoms with van der Waals surface area (Å²) in [7, 11) is 1.35. The predicted molar refractivity (Wildman–Crippen MR) is 109 cm³/mol. The van der Waals surface area contributed by atoms with E-state index in [1.165, 1.54) is 12.7 Å². The summed E-state index contributed by atoms with van der Waals surface area (Å²) in [4.78, 5) is 26.6. The lowest BCUT2D eigenvalue weighted by Gasteiger charge is -2.33. The van der Waals surface area contributed by atoms with Gasteiger partial charge in [-0.15, -0.1) is 0 Å². The third-order valence-electron chi connectivity index (χ3n) is 5.34. The molecule has 2 aromatic rings. The largest absolute Gasteiger partial charge is 0.467 e. The highest BCUT2D eigenvalue weighted by Crippen LogP contribution is 2.21. The van der Waals surface area contributed by atoms with Crippen LogP contribution in [-0.4, -0.2) is 43.1 Å². The van der Waals surface area contributed by atoms with E-state index in [9.17, 15) is 9.59 Å². The van der Waals surface area contributed by atoms with Gasteiger partial charge in [-0.3, -0.25) is 0 Å². The summed E-state index contributed by atoms with van der Waals surface area (Å²) in [6.07, 6.45) is 3.42. The van der Waals surface area contributed by atoms with E-state index >= 15 is 0 Å². The smallest absolute Gasteiger partial charge is 0.328 e. The van der Waals surface area contributed by atoms with Gasteiger partial charge < -0.3 is 15.0 Å². The minimum absolute atomic E-state index is 0.190. The molecule has 1 saturated heterocycles. The number of benzene rings is 2. The molecule has 3 rings (SSSR count). The van der Waals surface area contributed by atoms with Crippen LogP contribution in [0, 0.1) is 5.92 Å². The summed E-state index contributed by atoms with van der Waals surface area (Å²) in [5.41, 5.74) is 2.33. The van der Waals surface area contributed by atoms with Crippen molar-refractivity contribution in [3.63, 3.8) is 0 Å². The zero-order chi connectivity index (χ0) is 19.8. The van der Waals surface area contributed by atoms with Crippen molar-refractivity contribution in [3.05, 3.63) is 71.8 Å². The van der Waals surface area contributed by atoms with E-state index in [1.807, 2.05) is 41.3 Å². The van der Waals surface area contributed by atoms with Crippen LogP contribution in [0.25, 0.3) is 0 Å². The number of urea groups is 1. The van der Waals surface area contributed by atoms with Gasteiger partial charge in [0.05, 0.1) is 7.11 Å². The van der Waals surface area contributed by atoms with Crippen LogP contribution in [0.5, 0.6) is 0 Å². The quantitative estimate of drug-likeness (QED) is 0.781. The number of ether oxygens (including phenoxy) is 1. The number of nitrogens with zero attached hydrogens (tertiary/aromatic N) is 1. The fraction of sp³-hybridized carbons (Fsp3) is 0.391. The van der Waals surface area contributed by atoms with Gasteiger partial charge in [0, 0.05) is 19.5 Å². The van der Waals surface area contributed by atoms with Gasteiger partial charge >= 0.3 is 12.0 Å². The number of piperidine rings is 1. The molecule has 2 amide bonds. The van der Waals surface area contributed by atoms with Crippen LogP contribution < -0.4 is 5.32 Å². The fourth-order valence-corrected chi connectivity index (χ4v) is 3.71. The molecule has 5 heteroatoms. The minimum Gasteiger partial charge on any atom is -0.467 e. The molecule has 28 heavy (non-hydrogen) atoms. The molecule has 5 nitrogen and oxygen atoms in total. The standard InChI is InChI=1S/C23H28N2O3/c1-28-22(26)21(17-19-10-6-3-7-11-19)24-23(27)25-14-12-20(13-15-25)16-18-8-4-2-5-9-18/h2-11,20-21H,12-17H2,1H3,(H,24,27). The number of carbonyl (C=O) groups excluding carboxylic acids is 2. The van der Waals surface area contributed by atoms with Crippen molar-refractivity contribution in [1.82, 2.24) is 10.2 Å². The highest BCUT2D eigenvalue weighted by atomic mass is 16.5. The monoisotopic (exact) mass is 380 g/mol. The first kappa shape index (κ1) is 19.9. The maximum atomic E-state index is 12.7. The highest BCUT2D eigenvalue weighted by molar-refractivity contribution is 5.83. The molecular formula is C23H28N2O3. The van der Waals surface area contributed by atoms with Gasteiger partial charge in [0.1, 0.15) is 6.04 Å². The van der Waals surface area contributed by atoms with Gasteiger partial charge in [-0.1, -0.05) is 60.7 Å². The first-order chi connectivity index (χ1) is 13.7. The average Bonchev–Trinajstić information content (AvgIpc) is 2.74. The van der Waals surface area contributed by atoms with E-state index < -0.39 is 12.0 Å². The second kappa shape index (κ2) is 9.93. The van der Waals surface area contributed by atoms with Gasteiger partial charge in [0.2, 0.25) is 0 Å². The van der Waals surface area contributed by atoms with Gasteiger partial charge in [-0.05, 0) is 36.3 Å². The molecule has 0 bridgehead atoms. The van der Waals surface area contributed by atoms with Gasteiger partial charge in [0.15, 0.2) is 0 Å². The average molecular weight is 380 g/mol. The van der Waals surface area contributed by atoms with Crippen LogP contribution in [-0.2, 0) is 22.4 Å². The second-order valence-electron chi connectivity index (χ2n) is 7.34. The Morgan fingerprint density at radius 3 is 2.14 bits per heavy atom. The van der Waals surface area contributed by atoms with E-state index in [0.29, 0.717) is 25.4 Å². The summed E-state index contributed by atoms with van der Waals surface area (Å²) in [5, 5.41) is 2.86. The Balaban J connectivity index is 1.52. The molecule has 0 spiro atoms. The molecule has 1 atom stereocenters. The minimum atomic E-state index is -0.679. The Labute approximate surface area is 166 Å². The molecule has 0 radical (unpaired) electrons. The van der Waals surface area contributed by atoms with Crippen LogP contribution in [0.2, 0.25) is 0 Å². The number of nitrogens with one attached hydrogen (secondary N) is 1. The molecule has 0 aromatic heterocycles. The van der Waals surface area contributed by atoms with Crippen molar-refractivity contribution < 1.29 is 14.3 Å². The topological polar surface area (TPSA) is 58.6 Å². The highest BCUT2D eigenvalue weighted by Gasteiger charge is 2.27. The van der Waals surface area contributed by atoms with Crippen molar-refractivity contribution >= 4 is 12.0 Å². The summed E-state index contributed by atoms with van der Waals surface area (Å²) < 4.78 is 4.88. The Kier molecular flexibility index (Phi) is 7.06. The molecule has 1 heterocycles. The van der Waals surface area contributed by atoms with Crippen molar-refractivity contribution in [2.75, 3.05) is 20.2 Å². The van der Waals surface area contributed by atoms with Crippen molar-refractivity contribution in [1.29, 1.82) is 0 Å². The Hall–Kier alpha value is -2.82. The summed E-state index contributed by atoms with van der Waals surface area (Å²) in [6, 6.07) is 19.3. The molecule has 0 saturated carbocycles. The number of amides is 2. The fourth-order valence-electron chi connectivity index (χ4n) is 3.71. The number of rotatable bonds is 6. The summed E-state index contributed by atoms with van der Waals surface area (Å²) in [5.74, 6) is 0.170. The van der Waals surface area contributed by atoms with Crippen LogP contribution in [0.4, 0.5) is 4.79 Å². The maximum absolute atomic E-state index is 12.7. The summed E-state index contributed by atoms with van der Waals surface area (Å²) >= 11 is 0. The molecule has 1 fully saturated rings. The van der Waals surface area contributed by atoms with Gasteiger partial charge in [0.25, 0.3) is 0 Å². The third-order valence-corrected chi connectivity index (χ3v) is 5.34. The Bertz CT molecular complexity index is 756. The van der Waals surface area contributed by atoms with E-state index in [1.54, 1.807) is 0 Å². The van der Waals surface area contributed by atoms with Gasteiger partial charge in [-0.2, -0.15) is 0 Å². The van der Waals surface area contributed by atoms with Crippen molar-refractivity contribution in [2.24, 2.45) is 5.92 Å². The maximum Gasteiger partial charge on any atom is 0.328 e. The first-order valence-electron chi connectivity index (χ1n) is 9.87. The van der Waals surface area contributed by atoms with Crippen LogP contribution >= 0.6 is 0 Å².